The number of aromatic nitrogens is 2. The van der Waals surface area contributed by atoms with Crippen LogP contribution in [0.25, 0.3) is 11.3 Å². The monoisotopic (exact) mass is 337 g/mol. The van der Waals surface area contributed by atoms with Crippen LogP contribution in [0.4, 0.5) is 5.69 Å². The van der Waals surface area contributed by atoms with Gasteiger partial charge in [0.05, 0.1) is 26.2 Å². The number of benzene rings is 2. The lowest BCUT2D eigenvalue weighted by Crippen LogP contribution is -2.12. The highest BCUT2D eigenvalue weighted by atomic mass is 16.5. The number of carbonyl (C=O) groups is 1. The summed E-state index contributed by atoms with van der Waals surface area (Å²) in [6.07, 6.45) is 1.66. The molecule has 0 saturated heterocycles. The lowest BCUT2D eigenvalue weighted by atomic mass is 10.1. The van der Waals surface area contributed by atoms with Crippen LogP contribution in [0.2, 0.25) is 0 Å². The molecule has 1 heterocycles. The van der Waals surface area contributed by atoms with E-state index in [4.69, 9.17) is 9.47 Å². The molecule has 0 saturated carbocycles. The number of nitrogens with zero attached hydrogens (tertiary/aromatic N) is 1. The fourth-order valence-corrected chi connectivity index (χ4v) is 2.54. The van der Waals surface area contributed by atoms with Crippen molar-refractivity contribution in [3.63, 3.8) is 0 Å². The number of nitrogens with one attached hydrogen (secondary N) is 2. The minimum Gasteiger partial charge on any atom is -0.493 e. The SMILES string of the molecule is COc1ccc(C(=O)Nc2ccc(-c3nc[nH]c3C)cc2)cc1OC. The maximum Gasteiger partial charge on any atom is 0.255 e. The van der Waals surface area contributed by atoms with Gasteiger partial charge in [-0.15, -0.1) is 0 Å². The van der Waals surface area contributed by atoms with Crippen molar-refractivity contribution < 1.29 is 14.3 Å². The minimum atomic E-state index is -0.218. The number of amides is 1. The molecule has 6 heteroatoms. The molecule has 0 fully saturated rings. The van der Waals surface area contributed by atoms with Crippen LogP contribution in [0.15, 0.2) is 48.8 Å². The van der Waals surface area contributed by atoms with Crippen molar-refractivity contribution >= 4 is 11.6 Å². The molecule has 0 aliphatic heterocycles. The summed E-state index contributed by atoms with van der Waals surface area (Å²) in [7, 11) is 3.09. The lowest BCUT2D eigenvalue weighted by molar-refractivity contribution is 0.102. The smallest absolute Gasteiger partial charge is 0.255 e. The Bertz CT molecular complexity index is 885. The molecule has 1 amide bonds. The van der Waals surface area contributed by atoms with E-state index in [0.29, 0.717) is 22.7 Å². The zero-order chi connectivity index (χ0) is 17.8. The third-order valence-electron chi connectivity index (χ3n) is 3.89. The molecule has 6 nitrogen and oxygen atoms in total. The van der Waals surface area contributed by atoms with Crippen molar-refractivity contribution in [2.45, 2.75) is 6.92 Å². The van der Waals surface area contributed by atoms with E-state index in [0.717, 1.165) is 17.0 Å². The Morgan fingerprint density at radius 1 is 1.04 bits per heavy atom. The van der Waals surface area contributed by atoms with E-state index >= 15 is 0 Å². The standard InChI is InChI=1S/C19H19N3O3/c1-12-18(21-11-20-12)13-4-7-15(8-5-13)22-19(23)14-6-9-16(24-2)17(10-14)25-3/h4-11H,1-3H3,(H,20,21)(H,22,23). The van der Waals surface area contributed by atoms with Crippen molar-refractivity contribution in [1.82, 2.24) is 9.97 Å². The minimum absolute atomic E-state index is 0.218. The van der Waals surface area contributed by atoms with Gasteiger partial charge in [0.2, 0.25) is 0 Å². The number of imidazole rings is 1. The van der Waals surface area contributed by atoms with Gasteiger partial charge >= 0.3 is 0 Å². The molecule has 1 aromatic heterocycles. The second-order valence-electron chi connectivity index (χ2n) is 5.48. The second kappa shape index (κ2) is 7.09. The molecule has 25 heavy (non-hydrogen) atoms. The summed E-state index contributed by atoms with van der Waals surface area (Å²) in [5.74, 6) is 0.877. The van der Waals surface area contributed by atoms with Gasteiger partial charge in [-0.3, -0.25) is 4.79 Å². The van der Waals surface area contributed by atoms with Crippen LogP contribution in [0.5, 0.6) is 11.5 Å². The van der Waals surface area contributed by atoms with Crippen LogP contribution in [-0.4, -0.2) is 30.1 Å². The highest BCUT2D eigenvalue weighted by Gasteiger charge is 2.11. The van der Waals surface area contributed by atoms with Crippen LogP contribution in [0.3, 0.4) is 0 Å². The molecule has 3 aromatic rings. The Balaban J connectivity index is 1.76. The molecule has 0 unspecified atom stereocenters. The molecule has 0 bridgehead atoms. The Morgan fingerprint density at radius 3 is 2.36 bits per heavy atom. The molecule has 2 N–H and O–H groups in total. The number of hydrogen-bond acceptors (Lipinski definition) is 4. The van der Waals surface area contributed by atoms with E-state index in [2.05, 4.69) is 15.3 Å². The molecule has 0 spiro atoms. The van der Waals surface area contributed by atoms with Gasteiger partial charge in [-0.05, 0) is 37.3 Å². The van der Waals surface area contributed by atoms with Crippen molar-refractivity contribution in [2.75, 3.05) is 19.5 Å². The Morgan fingerprint density at radius 2 is 1.76 bits per heavy atom. The van der Waals surface area contributed by atoms with Crippen molar-refractivity contribution in [1.29, 1.82) is 0 Å². The summed E-state index contributed by atoms with van der Waals surface area (Å²) < 4.78 is 10.4. The molecule has 3 rings (SSSR count). The molecule has 0 aliphatic rings. The Hall–Kier alpha value is -3.28. The van der Waals surface area contributed by atoms with E-state index in [1.54, 1.807) is 31.6 Å². The van der Waals surface area contributed by atoms with Gasteiger partial charge in [-0.1, -0.05) is 12.1 Å². The maximum atomic E-state index is 12.4. The normalized spacial score (nSPS) is 10.4. The lowest BCUT2D eigenvalue weighted by Gasteiger charge is -2.10. The first-order valence-corrected chi connectivity index (χ1v) is 7.76. The number of hydrogen-bond donors (Lipinski definition) is 2. The van der Waals surface area contributed by atoms with Crippen molar-refractivity contribution in [3.05, 3.63) is 60.0 Å². The zero-order valence-corrected chi connectivity index (χ0v) is 14.3. The van der Waals surface area contributed by atoms with Crippen LogP contribution >= 0.6 is 0 Å². The van der Waals surface area contributed by atoms with Gasteiger partial charge in [0.15, 0.2) is 11.5 Å². The topological polar surface area (TPSA) is 76.2 Å². The second-order valence-corrected chi connectivity index (χ2v) is 5.48. The summed E-state index contributed by atoms with van der Waals surface area (Å²) in [6.45, 7) is 1.97. The van der Waals surface area contributed by atoms with E-state index in [1.807, 2.05) is 31.2 Å². The summed E-state index contributed by atoms with van der Waals surface area (Å²) in [5.41, 5.74) is 4.09. The van der Waals surface area contributed by atoms with Gasteiger partial charge < -0.3 is 19.8 Å². The quantitative estimate of drug-likeness (QED) is 0.745. The first-order chi connectivity index (χ1) is 12.1. The van der Waals surface area contributed by atoms with E-state index in [-0.39, 0.29) is 5.91 Å². The number of carbonyl (C=O) groups excluding carboxylic acids is 1. The molecule has 0 radical (unpaired) electrons. The summed E-state index contributed by atoms with van der Waals surface area (Å²) in [4.78, 5) is 19.8. The van der Waals surface area contributed by atoms with Crippen molar-refractivity contribution in [3.8, 4) is 22.8 Å². The number of aryl methyl sites for hydroxylation is 1. The molecule has 2 aromatic carbocycles. The average molecular weight is 337 g/mol. The molecule has 0 aliphatic carbocycles. The molecular weight excluding hydrogens is 318 g/mol. The predicted molar refractivity (Wildman–Crippen MR) is 96.3 cm³/mol. The van der Waals surface area contributed by atoms with Crippen LogP contribution in [-0.2, 0) is 0 Å². The van der Waals surface area contributed by atoms with Gasteiger partial charge in [0, 0.05) is 22.5 Å². The van der Waals surface area contributed by atoms with Gasteiger partial charge in [0.25, 0.3) is 5.91 Å². The van der Waals surface area contributed by atoms with Crippen LogP contribution in [0, 0.1) is 6.92 Å². The molecule has 0 atom stereocenters. The summed E-state index contributed by atoms with van der Waals surface area (Å²) >= 11 is 0. The van der Waals surface area contributed by atoms with Crippen LogP contribution < -0.4 is 14.8 Å². The highest BCUT2D eigenvalue weighted by Crippen LogP contribution is 2.28. The van der Waals surface area contributed by atoms with E-state index < -0.39 is 0 Å². The number of ether oxygens (including phenoxy) is 2. The van der Waals surface area contributed by atoms with Crippen molar-refractivity contribution in [2.24, 2.45) is 0 Å². The predicted octanol–water partition coefficient (Wildman–Crippen LogP) is 3.65. The largest absolute Gasteiger partial charge is 0.493 e. The number of aromatic amines is 1. The fourth-order valence-electron chi connectivity index (χ4n) is 2.54. The van der Waals surface area contributed by atoms with Crippen LogP contribution in [0.1, 0.15) is 16.1 Å². The van der Waals surface area contributed by atoms with Gasteiger partial charge in [0.1, 0.15) is 0 Å². The first kappa shape index (κ1) is 16.6. The fraction of sp³-hybridized carbons (Fsp3) is 0.158. The van der Waals surface area contributed by atoms with E-state index in [1.165, 1.54) is 7.11 Å². The summed E-state index contributed by atoms with van der Waals surface area (Å²) in [6, 6.07) is 12.6. The third kappa shape index (κ3) is 3.47. The van der Waals surface area contributed by atoms with Gasteiger partial charge in [-0.2, -0.15) is 0 Å². The average Bonchev–Trinajstić information content (AvgIpc) is 3.07. The Kier molecular flexibility index (Phi) is 4.70. The zero-order valence-electron chi connectivity index (χ0n) is 14.3. The third-order valence-corrected chi connectivity index (χ3v) is 3.89. The van der Waals surface area contributed by atoms with Gasteiger partial charge in [-0.25, -0.2) is 4.98 Å². The maximum absolute atomic E-state index is 12.4. The molecular formula is C19H19N3O3. The number of anilines is 1. The first-order valence-electron chi connectivity index (χ1n) is 7.76. The highest BCUT2D eigenvalue weighted by molar-refractivity contribution is 6.04. The molecule has 128 valence electrons. The number of rotatable bonds is 5. The van der Waals surface area contributed by atoms with E-state index in [9.17, 15) is 4.79 Å². The summed E-state index contributed by atoms with van der Waals surface area (Å²) in [5, 5.41) is 2.87. The number of H-pyrrole nitrogens is 1. The number of methoxy groups -OCH3 is 2. The Labute approximate surface area is 145 Å².